The predicted octanol–water partition coefficient (Wildman–Crippen LogP) is 2.39. The number of halogens is 1. The van der Waals surface area contributed by atoms with Crippen molar-refractivity contribution in [3.63, 3.8) is 0 Å². The van der Waals surface area contributed by atoms with Crippen LogP contribution in [0.25, 0.3) is 0 Å². The lowest BCUT2D eigenvalue weighted by Gasteiger charge is -2.16. The first-order valence-corrected chi connectivity index (χ1v) is 6.06. The van der Waals surface area contributed by atoms with Gasteiger partial charge in [-0.15, -0.1) is 0 Å². The van der Waals surface area contributed by atoms with Crippen molar-refractivity contribution in [2.45, 2.75) is 18.9 Å². The molecule has 1 aromatic rings. The monoisotopic (exact) mass is 270 g/mol. The normalized spacial score (nSPS) is 22.9. The maximum Gasteiger partial charge on any atom is 0.0631 e. The standard InChI is InChI=1S/C12H15BrO2/c13-11-4-2-1-3-9(11)7-12(14)10-5-6-15-8-10/h1-4,10,12,14H,5-8H2. The van der Waals surface area contributed by atoms with Gasteiger partial charge in [-0.05, 0) is 24.5 Å². The second-order valence-corrected chi connectivity index (χ2v) is 4.84. The summed E-state index contributed by atoms with van der Waals surface area (Å²) in [5.74, 6) is 0.303. The molecule has 0 bridgehead atoms. The summed E-state index contributed by atoms with van der Waals surface area (Å²) in [4.78, 5) is 0. The number of benzene rings is 1. The number of aliphatic hydroxyl groups is 1. The van der Waals surface area contributed by atoms with Crippen LogP contribution in [0, 0.1) is 5.92 Å². The van der Waals surface area contributed by atoms with E-state index in [9.17, 15) is 5.11 Å². The van der Waals surface area contributed by atoms with Crippen LogP contribution in [0.5, 0.6) is 0 Å². The van der Waals surface area contributed by atoms with Gasteiger partial charge >= 0.3 is 0 Å². The van der Waals surface area contributed by atoms with Crippen molar-refractivity contribution in [2.24, 2.45) is 5.92 Å². The number of ether oxygens (including phenoxy) is 1. The quantitative estimate of drug-likeness (QED) is 0.914. The molecule has 2 nitrogen and oxygen atoms in total. The first-order chi connectivity index (χ1) is 7.27. The topological polar surface area (TPSA) is 29.5 Å². The van der Waals surface area contributed by atoms with Gasteiger partial charge in [-0.2, -0.15) is 0 Å². The smallest absolute Gasteiger partial charge is 0.0631 e. The van der Waals surface area contributed by atoms with E-state index in [0.29, 0.717) is 18.9 Å². The molecule has 0 saturated carbocycles. The van der Waals surface area contributed by atoms with Crippen LogP contribution in [0.3, 0.4) is 0 Å². The van der Waals surface area contributed by atoms with E-state index >= 15 is 0 Å². The van der Waals surface area contributed by atoms with Crippen LogP contribution in [0.2, 0.25) is 0 Å². The minimum absolute atomic E-state index is 0.286. The van der Waals surface area contributed by atoms with E-state index in [0.717, 1.165) is 23.1 Å². The molecule has 15 heavy (non-hydrogen) atoms. The third kappa shape index (κ3) is 2.80. The summed E-state index contributed by atoms with van der Waals surface area (Å²) in [6.07, 6.45) is 1.40. The van der Waals surface area contributed by atoms with Crippen molar-refractivity contribution in [3.8, 4) is 0 Å². The van der Waals surface area contributed by atoms with Crippen LogP contribution in [0.15, 0.2) is 28.7 Å². The van der Waals surface area contributed by atoms with E-state index in [1.165, 1.54) is 0 Å². The molecule has 1 saturated heterocycles. The van der Waals surface area contributed by atoms with E-state index < -0.39 is 0 Å². The van der Waals surface area contributed by atoms with Gasteiger partial charge in [0.2, 0.25) is 0 Å². The molecule has 82 valence electrons. The zero-order chi connectivity index (χ0) is 10.7. The summed E-state index contributed by atoms with van der Waals surface area (Å²) in [7, 11) is 0. The number of aliphatic hydroxyl groups excluding tert-OH is 1. The number of hydrogen-bond acceptors (Lipinski definition) is 2. The summed E-state index contributed by atoms with van der Waals surface area (Å²) in [6, 6.07) is 8.03. The Bertz CT molecular complexity index is 321. The summed E-state index contributed by atoms with van der Waals surface area (Å²) in [5.41, 5.74) is 1.16. The SMILES string of the molecule is OC(Cc1ccccc1Br)C1CCOC1. The van der Waals surface area contributed by atoms with Gasteiger partial charge in [0, 0.05) is 17.0 Å². The average Bonchev–Trinajstić information content (AvgIpc) is 2.74. The van der Waals surface area contributed by atoms with Crippen molar-refractivity contribution in [1.82, 2.24) is 0 Å². The van der Waals surface area contributed by atoms with E-state index in [4.69, 9.17) is 4.74 Å². The Balaban J connectivity index is 1.99. The third-order valence-corrected chi connectivity index (χ3v) is 3.67. The molecule has 0 aliphatic carbocycles. The molecule has 3 heteroatoms. The summed E-state index contributed by atoms with van der Waals surface area (Å²) in [6.45, 7) is 1.49. The highest BCUT2D eigenvalue weighted by Crippen LogP contribution is 2.23. The fourth-order valence-electron chi connectivity index (χ4n) is 1.91. The highest BCUT2D eigenvalue weighted by atomic mass is 79.9. The van der Waals surface area contributed by atoms with Crippen molar-refractivity contribution in [2.75, 3.05) is 13.2 Å². The Labute approximate surface area is 98.4 Å². The Morgan fingerprint density at radius 2 is 2.27 bits per heavy atom. The van der Waals surface area contributed by atoms with E-state index in [1.807, 2.05) is 24.3 Å². The Morgan fingerprint density at radius 1 is 1.47 bits per heavy atom. The lowest BCUT2D eigenvalue weighted by Crippen LogP contribution is -2.23. The van der Waals surface area contributed by atoms with Gasteiger partial charge in [0.15, 0.2) is 0 Å². The minimum Gasteiger partial charge on any atom is -0.392 e. The molecule has 0 spiro atoms. The highest BCUT2D eigenvalue weighted by molar-refractivity contribution is 9.10. The molecule has 2 rings (SSSR count). The second-order valence-electron chi connectivity index (χ2n) is 3.99. The third-order valence-electron chi connectivity index (χ3n) is 2.90. The zero-order valence-corrected chi connectivity index (χ0v) is 10.1. The molecule has 0 radical (unpaired) electrons. The molecule has 1 aliphatic rings. The van der Waals surface area contributed by atoms with Crippen molar-refractivity contribution in [1.29, 1.82) is 0 Å². The molecule has 0 aromatic heterocycles. The highest BCUT2D eigenvalue weighted by Gasteiger charge is 2.24. The summed E-state index contributed by atoms with van der Waals surface area (Å²) in [5, 5.41) is 10.0. The van der Waals surface area contributed by atoms with Crippen molar-refractivity contribution >= 4 is 15.9 Å². The molecule has 2 unspecified atom stereocenters. The molecule has 2 atom stereocenters. The molecular weight excluding hydrogens is 256 g/mol. The van der Waals surface area contributed by atoms with Crippen LogP contribution in [-0.2, 0) is 11.2 Å². The summed E-state index contributed by atoms with van der Waals surface area (Å²) < 4.78 is 6.35. The Kier molecular flexibility index (Phi) is 3.78. The zero-order valence-electron chi connectivity index (χ0n) is 8.53. The first-order valence-electron chi connectivity index (χ1n) is 5.26. The number of rotatable bonds is 3. The Hall–Kier alpha value is -0.380. The van der Waals surface area contributed by atoms with E-state index in [-0.39, 0.29) is 6.10 Å². The van der Waals surface area contributed by atoms with Gasteiger partial charge in [-0.3, -0.25) is 0 Å². The maximum absolute atomic E-state index is 10.0. The molecule has 1 aromatic carbocycles. The largest absolute Gasteiger partial charge is 0.392 e. The van der Waals surface area contributed by atoms with Crippen molar-refractivity contribution < 1.29 is 9.84 Å². The van der Waals surface area contributed by atoms with Gasteiger partial charge in [0.05, 0.1) is 12.7 Å². The van der Waals surface area contributed by atoms with Gasteiger partial charge < -0.3 is 9.84 Å². The number of hydrogen-bond donors (Lipinski definition) is 1. The van der Waals surface area contributed by atoms with Crippen LogP contribution in [0.1, 0.15) is 12.0 Å². The first kappa shape index (κ1) is 11.1. The van der Waals surface area contributed by atoms with Gasteiger partial charge in [0.25, 0.3) is 0 Å². The maximum atomic E-state index is 10.0. The lowest BCUT2D eigenvalue weighted by atomic mass is 9.96. The fraction of sp³-hybridized carbons (Fsp3) is 0.500. The van der Waals surface area contributed by atoms with Gasteiger partial charge in [-0.1, -0.05) is 34.1 Å². The molecule has 1 aliphatic heterocycles. The van der Waals surface area contributed by atoms with Crippen LogP contribution >= 0.6 is 15.9 Å². The van der Waals surface area contributed by atoms with Crippen LogP contribution in [0.4, 0.5) is 0 Å². The average molecular weight is 271 g/mol. The minimum atomic E-state index is -0.286. The molecule has 1 fully saturated rings. The van der Waals surface area contributed by atoms with Crippen molar-refractivity contribution in [3.05, 3.63) is 34.3 Å². The fourth-order valence-corrected chi connectivity index (χ4v) is 2.36. The molecule has 1 heterocycles. The molecular formula is C12H15BrO2. The van der Waals surface area contributed by atoms with Gasteiger partial charge in [-0.25, -0.2) is 0 Å². The van der Waals surface area contributed by atoms with E-state index in [1.54, 1.807) is 0 Å². The van der Waals surface area contributed by atoms with Crippen LogP contribution < -0.4 is 0 Å². The lowest BCUT2D eigenvalue weighted by molar-refractivity contribution is 0.0917. The van der Waals surface area contributed by atoms with Crippen LogP contribution in [-0.4, -0.2) is 24.4 Å². The van der Waals surface area contributed by atoms with Gasteiger partial charge in [0.1, 0.15) is 0 Å². The second kappa shape index (κ2) is 5.10. The predicted molar refractivity (Wildman–Crippen MR) is 62.8 cm³/mol. The van der Waals surface area contributed by atoms with E-state index in [2.05, 4.69) is 15.9 Å². The summed E-state index contributed by atoms with van der Waals surface area (Å²) >= 11 is 3.49. The molecule has 0 amide bonds. The molecule has 1 N–H and O–H groups in total. The Morgan fingerprint density at radius 3 is 2.93 bits per heavy atom.